The molecule has 0 bridgehead atoms. The maximum atomic E-state index is 10.5. The number of thiophene rings is 1. The second-order valence-corrected chi connectivity index (χ2v) is 12.5. The van der Waals surface area contributed by atoms with Crippen molar-refractivity contribution < 1.29 is 9.76 Å². The second-order valence-electron chi connectivity index (χ2n) is 10.4. The second kappa shape index (κ2) is 9.07. The molecule has 6 heteroatoms. The Labute approximate surface area is 225 Å². The maximum Gasteiger partial charge on any atom is 0.332 e. The van der Waals surface area contributed by atoms with Gasteiger partial charge in [0.15, 0.2) is 0 Å². The summed E-state index contributed by atoms with van der Waals surface area (Å²) >= 11 is 3.50. The Morgan fingerprint density at radius 1 is 0.730 bits per heavy atom. The van der Waals surface area contributed by atoms with Crippen molar-refractivity contribution in [2.75, 3.05) is 0 Å². The van der Waals surface area contributed by atoms with E-state index in [0.717, 1.165) is 21.6 Å². The topological polar surface area (TPSA) is 42.4 Å². The maximum absolute atomic E-state index is 10.5. The Kier molecular flexibility index (Phi) is 5.96. The third kappa shape index (κ3) is 4.49. The van der Waals surface area contributed by atoms with E-state index in [1.165, 1.54) is 36.0 Å². The van der Waals surface area contributed by atoms with Crippen LogP contribution in [0.15, 0.2) is 84.9 Å². The van der Waals surface area contributed by atoms with Crippen LogP contribution in [0.3, 0.4) is 0 Å². The fourth-order valence-corrected chi connectivity index (χ4v) is 6.39. The highest BCUT2D eigenvalue weighted by Crippen LogP contribution is 2.37. The van der Waals surface area contributed by atoms with E-state index < -0.39 is 11.2 Å². The summed E-state index contributed by atoms with van der Waals surface area (Å²) in [6.07, 6.45) is 0. The predicted octanol–water partition coefficient (Wildman–Crippen LogP) is 7.81. The number of hydrogen-bond donors (Lipinski definition) is 1. The van der Waals surface area contributed by atoms with E-state index in [2.05, 4.69) is 78.9 Å². The minimum absolute atomic E-state index is 0.715. The Balaban J connectivity index is 1.37. The lowest BCUT2D eigenvalue weighted by Gasteiger charge is -2.37. The highest BCUT2D eigenvalue weighted by atomic mass is 32.1. The number of para-hydroxylation sites is 1. The molecule has 2 aromatic heterocycles. The van der Waals surface area contributed by atoms with E-state index in [1.54, 1.807) is 44.0 Å². The fourth-order valence-electron chi connectivity index (χ4n) is 4.28. The number of aliphatic hydroxyl groups is 1. The van der Waals surface area contributed by atoms with Gasteiger partial charge < -0.3 is 9.76 Å². The van der Waals surface area contributed by atoms with Crippen molar-refractivity contribution in [3.05, 3.63) is 84.9 Å². The SMILES string of the molecule is CC(C)(O)C(C)(C)O[B]c1cccc2c1sc1ccc(-c3cccc(-c4nc5ccccc5s4)c3)cc12. The van der Waals surface area contributed by atoms with Gasteiger partial charge in [-0.05, 0) is 80.0 Å². The van der Waals surface area contributed by atoms with Crippen LogP contribution < -0.4 is 5.46 Å². The van der Waals surface area contributed by atoms with Crippen LogP contribution in [0.1, 0.15) is 27.7 Å². The van der Waals surface area contributed by atoms with Gasteiger partial charge in [-0.3, -0.25) is 0 Å². The van der Waals surface area contributed by atoms with Gasteiger partial charge in [-0.25, -0.2) is 4.98 Å². The van der Waals surface area contributed by atoms with Crippen LogP contribution in [0.4, 0.5) is 0 Å². The van der Waals surface area contributed by atoms with Crippen LogP contribution >= 0.6 is 22.7 Å². The van der Waals surface area contributed by atoms with Gasteiger partial charge in [0.05, 0.1) is 21.4 Å². The quantitative estimate of drug-likeness (QED) is 0.228. The first-order valence-electron chi connectivity index (χ1n) is 12.3. The third-order valence-electron chi connectivity index (χ3n) is 7.22. The number of rotatable bonds is 6. The molecular formula is C31H27BNO2S2. The van der Waals surface area contributed by atoms with Crippen molar-refractivity contribution in [1.82, 2.24) is 4.98 Å². The molecule has 0 aliphatic rings. The summed E-state index contributed by atoms with van der Waals surface area (Å²) in [5, 5.41) is 14.0. The van der Waals surface area contributed by atoms with Crippen molar-refractivity contribution in [3.8, 4) is 21.7 Å². The smallest absolute Gasteiger partial charge is 0.332 e. The van der Waals surface area contributed by atoms with Crippen LogP contribution in [0.5, 0.6) is 0 Å². The van der Waals surface area contributed by atoms with Gasteiger partial charge in [-0.15, -0.1) is 22.7 Å². The van der Waals surface area contributed by atoms with Crippen molar-refractivity contribution >= 4 is 66.0 Å². The lowest BCUT2D eigenvalue weighted by Crippen LogP contribution is -2.49. The van der Waals surface area contributed by atoms with Crippen LogP contribution in [-0.2, 0) is 4.65 Å². The largest absolute Gasteiger partial charge is 0.427 e. The summed E-state index contributed by atoms with van der Waals surface area (Å²) in [5.41, 5.74) is 3.88. The minimum Gasteiger partial charge on any atom is -0.427 e. The highest BCUT2D eigenvalue weighted by molar-refractivity contribution is 7.27. The molecule has 0 fully saturated rings. The van der Waals surface area contributed by atoms with E-state index in [0.29, 0.717) is 0 Å². The average Bonchev–Trinajstić information content (AvgIpc) is 3.48. The van der Waals surface area contributed by atoms with Crippen LogP contribution in [0.2, 0.25) is 0 Å². The summed E-state index contributed by atoms with van der Waals surface area (Å²) < 4.78 is 9.71. The lowest BCUT2D eigenvalue weighted by molar-refractivity contribution is -0.0893. The van der Waals surface area contributed by atoms with Crippen molar-refractivity contribution in [3.63, 3.8) is 0 Å². The first kappa shape index (κ1) is 24.3. The molecule has 0 saturated carbocycles. The van der Waals surface area contributed by atoms with Gasteiger partial charge in [-0.2, -0.15) is 0 Å². The summed E-state index contributed by atoms with van der Waals surface area (Å²) in [4.78, 5) is 4.85. The predicted molar refractivity (Wildman–Crippen MR) is 160 cm³/mol. The zero-order valence-electron chi connectivity index (χ0n) is 21.3. The molecule has 0 amide bonds. The van der Waals surface area contributed by atoms with Gasteiger partial charge in [0.2, 0.25) is 0 Å². The van der Waals surface area contributed by atoms with Gasteiger partial charge in [-0.1, -0.05) is 54.6 Å². The first-order valence-corrected chi connectivity index (χ1v) is 14.0. The number of nitrogens with zero attached hydrogens (tertiary/aromatic N) is 1. The molecule has 4 aromatic carbocycles. The zero-order valence-corrected chi connectivity index (χ0v) is 22.9. The highest BCUT2D eigenvalue weighted by Gasteiger charge is 2.35. The number of thiazole rings is 1. The number of fused-ring (bicyclic) bond motifs is 4. The number of aromatic nitrogens is 1. The van der Waals surface area contributed by atoms with Crippen LogP contribution in [-0.4, -0.2) is 28.8 Å². The molecule has 37 heavy (non-hydrogen) atoms. The van der Waals surface area contributed by atoms with Crippen LogP contribution in [0.25, 0.3) is 52.1 Å². The molecular weight excluding hydrogens is 493 g/mol. The van der Waals surface area contributed by atoms with Crippen molar-refractivity contribution in [2.45, 2.75) is 38.9 Å². The van der Waals surface area contributed by atoms with E-state index in [4.69, 9.17) is 9.64 Å². The van der Waals surface area contributed by atoms with E-state index >= 15 is 0 Å². The van der Waals surface area contributed by atoms with Crippen LogP contribution in [0, 0.1) is 0 Å². The Morgan fingerprint density at radius 3 is 2.30 bits per heavy atom. The van der Waals surface area contributed by atoms with E-state index in [1.807, 2.05) is 19.9 Å². The average molecular weight is 521 g/mol. The van der Waals surface area contributed by atoms with Gasteiger partial charge in [0, 0.05) is 20.3 Å². The number of benzene rings is 4. The monoisotopic (exact) mass is 520 g/mol. The number of hydrogen-bond acceptors (Lipinski definition) is 5. The third-order valence-corrected chi connectivity index (χ3v) is 9.54. The molecule has 1 N–H and O–H groups in total. The minimum atomic E-state index is -0.966. The Morgan fingerprint density at radius 2 is 1.49 bits per heavy atom. The molecule has 0 spiro atoms. The zero-order chi connectivity index (χ0) is 25.8. The molecule has 2 heterocycles. The van der Waals surface area contributed by atoms with Gasteiger partial charge >= 0.3 is 7.48 Å². The molecule has 0 saturated heterocycles. The van der Waals surface area contributed by atoms with Gasteiger partial charge in [0.1, 0.15) is 5.01 Å². The molecule has 6 rings (SSSR count). The summed E-state index contributed by atoms with van der Waals surface area (Å²) in [6.45, 7) is 7.36. The lowest BCUT2D eigenvalue weighted by atomic mass is 9.82. The molecule has 0 unspecified atom stereocenters. The molecule has 0 aliphatic carbocycles. The standard InChI is InChI=1S/C31H27BNO2S2/c1-30(2,34)31(3,4)35-32-24-12-8-11-22-23-18-20(15-16-26(23)36-28(22)24)19-9-7-10-21(17-19)29-33-25-13-5-6-14-27(25)37-29/h5-18,34H,1-4H3. The van der Waals surface area contributed by atoms with Crippen molar-refractivity contribution in [1.29, 1.82) is 0 Å². The summed E-state index contributed by atoms with van der Waals surface area (Å²) in [5.74, 6) is 0. The summed E-state index contributed by atoms with van der Waals surface area (Å²) in [7, 11) is 1.79. The van der Waals surface area contributed by atoms with Crippen molar-refractivity contribution in [2.24, 2.45) is 0 Å². The fraction of sp³-hybridized carbons (Fsp3) is 0.194. The molecule has 183 valence electrons. The molecule has 3 nitrogen and oxygen atoms in total. The normalized spacial score (nSPS) is 12.6. The molecule has 1 radical (unpaired) electrons. The Hall–Kier alpha value is -3.03. The van der Waals surface area contributed by atoms with Gasteiger partial charge in [0.25, 0.3) is 0 Å². The first-order chi connectivity index (χ1) is 17.7. The Bertz CT molecular complexity index is 1730. The molecule has 0 aliphatic heterocycles. The van der Waals surface area contributed by atoms with E-state index in [-0.39, 0.29) is 0 Å². The molecule has 6 aromatic rings. The summed E-state index contributed by atoms with van der Waals surface area (Å²) in [6, 6.07) is 30.0. The van der Waals surface area contributed by atoms with E-state index in [9.17, 15) is 5.11 Å². The molecule has 0 atom stereocenters.